The summed E-state index contributed by atoms with van der Waals surface area (Å²) in [5, 5.41) is 14.4. The molecule has 0 aliphatic rings. The largest absolute Gasteiger partial charge is 0.368 e. The van der Waals surface area contributed by atoms with Crippen LogP contribution in [0.25, 0.3) is 11.3 Å². The first-order valence-electron chi connectivity index (χ1n) is 4.55. The van der Waals surface area contributed by atoms with E-state index >= 15 is 0 Å². The normalized spacial score (nSPS) is 10.3. The number of nitro benzene ring substituents is 1. The minimum Gasteiger partial charge on any atom is -0.368 e. The molecule has 1 aromatic heterocycles. The Bertz CT molecular complexity index is 548. The third-order valence-electron chi connectivity index (χ3n) is 2.24. The van der Waals surface area contributed by atoms with Crippen LogP contribution < -0.4 is 5.73 Å². The molecule has 0 aliphatic carbocycles. The summed E-state index contributed by atoms with van der Waals surface area (Å²) in [5.74, 6) is 0.181. The molecule has 0 saturated carbocycles. The highest BCUT2D eigenvalue weighted by molar-refractivity contribution is 5.67. The van der Waals surface area contributed by atoms with Gasteiger partial charge < -0.3 is 10.3 Å². The van der Waals surface area contributed by atoms with Gasteiger partial charge in [0.1, 0.15) is 5.69 Å². The molecule has 0 radical (unpaired) electrons. The molecule has 2 aromatic rings. The number of hydrogen-bond acceptors (Lipinski definition) is 5. The molecule has 0 spiro atoms. The maximum atomic E-state index is 10.6. The molecule has 0 saturated heterocycles. The summed E-state index contributed by atoms with van der Waals surface area (Å²) < 4.78 is 4.73. The number of nitrogens with zero attached hydrogens (tertiary/aromatic N) is 2. The second kappa shape index (κ2) is 3.65. The predicted octanol–water partition coefficient (Wildman–Crippen LogP) is 2.14. The summed E-state index contributed by atoms with van der Waals surface area (Å²) >= 11 is 0. The van der Waals surface area contributed by atoms with Crippen molar-refractivity contribution in [3.63, 3.8) is 0 Å². The molecule has 6 heteroatoms. The summed E-state index contributed by atoms with van der Waals surface area (Å²) in [5.41, 5.74) is 7.44. The highest BCUT2D eigenvalue weighted by atomic mass is 16.6. The van der Waals surface area contributed by atoms with Crippen molar-refractivity contribution in [2.24, 2.45) is 0 Å². The van der Waals surface area contributed by atoms with Crippen LogP contribution in [-0.2, 0) is 0 Å². The van der Waals surface area contributed by atoms with E-state index in [2.05, 4.69) is 5.16 Å². The molecule has 16 heavy (non-hydrogen) atoms. The quantitative estimate of drug-likeness (QED) is 0.616. The summed E-state index contributed by atoms with van der Waals surface area (Å²) in [6.07, 6.45) is 0. The monoisotopic (exact) mass is 219 g/mol. The van der Waals surface area contributed by atoms with Crippen LogP contribution in [0.3, 0.4) is 0 Å². The molecule has 1 aromatic carbocycles. The third kappa shape index (κ3) is 1.72. The number of rotatable bonds is 2. The van der Waals surface area contributed by atoms with E-state index in [0.29, 0.717) is 11.3 Å². The molecule has 0 amide bonds. The van der Waals surface area contributed by atoms with Crippen molar-refractivity contribution in [3.05, 3.63) is 39.9 Å². The van der Waals surface area contributed by atoms with Crippen LogP contribution in [-0.4, -0.2) is 10.1 Å². The Hall–Kier alpha value is -2.37. The number of nitrogens with two attached hydrogens (primary N) is 1. The smallest absolute Gasteiger partial charge is 0.270 e. The van der Waals surface area contributed by atoms with Crippen LogP contribution in [0.1, 0.15) is 5.56 Å². The lowest BCUT2D eigenvalue weighted by atomic mass is 10.1. The Morgan fingerprint density at radius 1 is 1.44 bits per heavy atom. The van der Waals surface area contributed by atoms with Gasteiger partial charge in [-0.2, -0.15) is 0 Å². The number of anilines is 1. The maximum absolute atomic E-state index is 10.6. The lowest BCUT2D eigenvalue weighted by Crippen LogP contribution is -1.90. The average molecular weight is 219 g/mol. The van der Waals surface area contributed by atoms with Gasteiger partial charge in [-0.15, -0.1) is 0 Å². The fourth-order valence-corrected chi connectivity index (χ4v) is 1.42. The van der Waals surface area contributed by atoms with Gasteiger partial charge >= 0.3 is 0 Å². The molecule has 1 heterocycles. The minimum absolute atomic E-state index is 0.0159. The van der Waals surface area contributed by atoms with Crippen molar-refractivity contribution in [1.82, 2.24) is 5.16 Å². The summed E-state index contributed by atoms with van der Waals surface area (Å²) in [6, 6.07) is 6.10. The van der Waals surface area contributed by atoms with Crippen LogP contribution >= 0.6 is 0 Å². The van der Waals surface area contributed by atoms with Gasteiger partial charge in [-0.05, 0) is 12.5 Å². The van der Waals surface area contributed by atoms with Crippen molar-refractivity contribution in [2.75, 3.05) is 5.73 Å². The first kappa shape index (κ1) is 10.2. The first-order chi connectivity index (χ1) is 7.58. The van der Waals surface area contributed by atoms with Crippen LogP contribution in [0.5, 0.6) is 0 Å². The average Bonchev–Trinajstić information content (AvgIpc) is 2.65. The molecular weight excluding hydrogens is 210 g/mol. The second-order valence-corrected chi connectivity index (χ2v) is 3.37. The Labute approximate surface area is 90.8 Å². The summed E-state index contributed by atoms with van der Waals surface area (Å²) in [7, 11) is 0. The molecule has 0 aliphatic heterocycles. The Morgan fingerprint density at radius 2 is 2.19 bits per heavy atom. The number of nitrogen functional groups attached to an aromatic ring is 1. The van der Waals surface area contributed by atoms with E-state index in [0.717, 1.165) is 5.56 Å². The van der Waals surface area contributed by atoms with E-state index in [1.165, 1.54) is 18.2 Å². The number of nitro groups is 1. The van der Waals surface area contributed by atoms with Crippen LogP contribution in [0.15, 0.2) is 28.8 Å². The van der Waals surface area contributed by atoms with Crippen molar-refractivity contribution in [2.45, 2.75) is 6.92 Å². The molecular formula is C10H9N3O3. The molecule has 0 fully saturated rings. The van der Waals surface area contributed by atoms with Gasteiger partial charge in [-0.1, -0.05) is 11.2 Å². The number of aryl methyl sites for hydroxylation is 1. The summed E-state index contributed by atoms with van der Waals surface area (Å²) in [4.78, 5) is 10.2. The fraction of sp³-hybridized carbons (Fsp3) is 0.100. The van der Waals surface area contributed by atoms with E-state index in [1.54, 1.807) is 6.07 Å². The second-order valence-electron chi connectivity index (χ2n) is 3.37. The van der Waals surface area contributed by atoms with E-state index in [9.17, 15) is 10.1 Å². The van der Waals surface area contributed by atoms with Gasteiger partial charge in [0.25, 0.3) is 5.69 Å². The maximum Gasteiger partial charge on any atom is 0.270 e. The highest BCUT2D eigenvalue weighted by Gasteiger charge is 2.12. The van der Waals surface area contributed by atoms with Gasteiger partial charge in [0.05, 0.1) is 4.92 Å². The predicted molar refractivity (Wildman–Crippen MR) is 57.7 cm³/mol. The zero-order chi connectivity index (χ0) is 11.7. The fourth-order valence-electron chi connectivity index (χ4n) is 1.42. The number of aromatic nitrogens is 1. The van der Waals surface area contributed by atoms with Gasteiger partial charge in [0, 0.05) is 23.8 Å². The Kier molecular flexibility index (Phi) is 2.32. The molecule has 0 atom stereocenters. The zero-order valence-electron chi connectivity index (χ0n) is 8.51. The van der Waals surface area contributed by atoms with Crippen molar-refractivity contribution >= 4 is 11.6 Å². The number of hydrogen-bond donors (Lipinski definition) is 1. The zero-order valence-corrected chi connectivity index (χ0v) is 8.51. The lowest BCUT2D eigenvalue weighted by molar-refractivity contribution is -0.384. The van der Waals surface area contributed by atoms with Crippen molar-refractivity contribution in [1.29, 1.82) is 0 Å². The summed E-state index contributed by atoms with van der Waals surface area (Å²) in [6.45, 7) is 1.84. The Balaban J connectivity index is 2.55. The van der Waals surface area contributed by atoms with E-state index in [4.69, 9.17) is 10.3 Å². The van der Waals surface area contributed by atoms with Crippen molar-refractivity contribution in [3.8, 4) is 11.3 Å². The van der Waals surface area contributed by atoms with Gasteiger partial charge in [0.2, 0.25) is 5.88 Å². The molecule has 0 unspecified atom stereocenters. The van der Waals surface area contributed by atoms with E-state index in [1.807, 2.05) is 6.92 Å². The molecule has 2 rings (SSSR count). The minimum atomic E-state index is -0.452. The molecule has 6 nitrogen and oxygen atoms in total. The number of non-ortho nitro benzene ring substituents is 1. The van der Waals surface area contributed by atoms with Gasteiger partial charge in [0.15, 0.2) is 0 Å². The first-order valence-corrected chi connectivity index (χ1v) is 4.55. The molecule has 2 N–H and O–H groups in total. The van der Waals surface area contributed by atoms with Gasteiger partial charge in [-0.3, -0.25) is 10.1 Å². The van der Waals surface area contributed by atoms with E-state index in [-0.39, 0.29) is 11.6 Å². The Morgan fingerprint density at radius 3 is 2.75 bits per heavy atom. The SMILES string of the molecule is Cc1ccc([N+](=O)[O-])cc1-c1cc(N)on1. The molecule has 0 bridgehead atoms. The number of benzene rings is 1. The standard InChI is InChI=1S/C10H9N3O3/c1-6-2-3-7(13(14)15)4-8(6)9-5-10(11)16-12-9/h2-5H,11H2,1H3. The van der Waals surface area contributed by atoms with Gasteiger partial charge in [-0.25, -0.2) is 0 Å². The molecule has 82 valence electrons. The highest BCUT2D eigenvalue weighted by Crippen LogP contribution is 2.27. The lowest BCUT2D eigenvalue weighted by Gasteiger charge is -2.00. The van der Waals surface area contributed by atoms with Crippen LogP contribution in [0, 0.1) is 17.0 Å². The topological polar surface area (TPSA) is 95.2 Å². The van der Waals surface area contributed by atoms with Crippen LogP contribution in [0.2, 0.25) is 0 Å². The van der Waals surface area contributed by atoms with Crippen molar-refractivity contribution < 1.29 is 9.45 Å². The van der Waals surface area contributed by atoms with E-state index < -0.39 is 4.92 Å². The van der Waals surface area contributed by atoms with Crippen LogP contribution in [0.4, 0.5) is 11.6 Å². The third-order valence-corrected chi connectivity index (χ3v) is 2.24.